The largest absolute Gasteiger partial charge is 0.381 e. The van der Waals surface area contributed by atoms with Crippen molar-refractivity contribution in [2.45, 2.75) is 32.4 Å². The van der Waals surface area contributed by atoms with Gasteiger partial charge in [-0.3, -0.25) is 0 Å². The summed E-state index contributed by atoms with van der Waals surface area (Å²) in [4.78, 5) is 0. The second kappa shape index (κ2) is 7.77. The van der Waals surface area contributed by atoms with E-state index in [2.05, 4.69) is 49.5 Å². The molecule has 0 aliphatic carbocycles. The lowest BCUT2D eigenvalue weighted by Gasteiger charge is -2.31. The highest BCUT2D eigenvalue weighted by Crippen LogP contribution is 2.26. The van der Waals surface area contributed by atoms with Crippen molar-refractivity contribution in [3.63, 3.8) is 0 Å². The zero-order valence-electron chi connectivity index (χ0n) is 12.8. The van der Waals surface area contributed by atoms with Crippen LogP contribution in [-0.2, 0) is 9.47 Å². The summed E-state index contributed by atoms with van der Waals surface area (Å²) in [7, 11) is 2.01. The van der Waals surface area contributed by atoms with E-state index in [-0.39, 0.29) is 12.1 Å². The molecule has 3 unspecified atom stereocenters. The highest BCUT2D eigenvalue weighted by molar-refractivity contribution is 5.20. The Balaban J connectivity index is 2.01. The Labute approximate surface area is 122 Å². The Morgan fingerprint density at radius 3 is 2.60 bits per heavy atom. The second-order valence-corrected chi connectivity index (χ2v) is 5.95. The van der Waals surface area contributed by atoms with Crippen LogP contribution in [0.4, 0.5) is 0 Å². The van der Waals surface area contributed by atoms with Crippen LogP contribution < -0.4 is 5.32 Å². The molecule has 0 amide bonds. The lowest BCUT2D eigenvalue weighted by atomic mass is 9.93. The topological polar surface area (TPSA) is 30.5 Å². The Morgan fingerprint density at radius 2 is 2.05 bits per heavy atom. The number of hydrogen-bond donors (Lipinski definition) is 1. The number of nitrogens with one attached hydrogen (secondary N) is 1. The molecule has 2 rings (SSSR count). The van der Waals surface area contributed by atoms with Crippen LogP contribution in [0.1, 0.15) is 31.9 Å². The van der Waals surface area contributed by atoms with E-state index < -0.39 is 0 Å². The fourth-order valence-corrected chi connectivity index (χ4v) is 2.82. The molecule has 1 N–H and O–H groups in total. The first kappa shape index (κ1) is 15.5. The standard InChI is InChI=1S/C17H27NO2/c1-13(2)17(20-12-14-9-10-19-11-14)16(18-3)15-7-5-4-6-8-15/h4-8,13-14,16-18H,9-12H2,1-3H3. The molecule has 1 fully saturated rings. The van der Waals surface area contributed by atoms with Crippen LogP contribution in [0.3, 0.4) is 0 Å². The van der Waals surface area contributed by atoms with Gasteiger partial charge in [0.25, 0.3) is 0 Å². The van der Waals surface area contributed by atoms with E-state index in [1.54, 1.807) is 0 Å². The zero-order valence-corrected chi connectivity index (χ0v) is 12.8. The quantitative estimate of drug-likeness (QED) is 0.831. The minimum Gasteiger partial charge on any atom is -0.381 e. The van der Waals surface area contributed by atoms with E-state index in [0.29, 0.717) is 11.8 Å². The number of ether oxygens (including phenoxy) is 2. The van der Waals surface area contributed by atoms with Gasteiger partial charge in [0, 0.05) is 12.5 Å². The minimum absolute atomic E-state index is 0.183. The van der Waals surface area contributed by atoms with Gasteiger partial charge in [-0.05, 0) is 24.9 Å². The molecule has 1 saturated heterocycles. The first-order valence-electron chi connectivity index (χ1n) is 7.64. The van der Waals surface area contributed by atoms with Crippen LogP contribution in [0.2, 0.25) is 0 Å². The minimum atomic E-state index is 0.183. The van der Waals surface area contributed by atoms with Crippen LogP contribution in [-0.4, -0.2) is 33.0 Å². The van der Waals surface area contributed by atoms with Crippen molar-refractivity contribution in [1.82, 2.24) is 5.32 Å². The summed E-state index contributed by atoms with van der Waals surface area (Å²) < 4.78 is 11.7. The van der Waals surface area contributed by atoms with Crippen molar-refractivity contribution in [1.29, 1.82) is 0 Å². The van der Waals surface area contributed by atoms with E-state index in [1.165, 1.54) is 5.56 Å². The van der Waals surface area contributed by atoms with Crippen molar-refractivity contribution >= 4 is 0 Å². The van der Waals surface area contributed by atoms with Gasteiger partial charge in [-0.25, -0.2) is 0 Å². The van der Waals surface area contributed by atoms with E-state index in [9.17, 15) is 0 Å². The summed E-state index contributed by atoms with van der Waals surface area (Å²) in [6, 6.07) is 10.8. The van der Waals surface area contributed by atoms with Crippen molar-refractivity contribution < 1.29 is 9.47 Å². The number of rotatable bonds is 7. The smallest absolute Gasteiger partial charge is 0.0792 e. The van der Waals surface area contributed by atoms with Gasteiger partial charge in [-0.2, -0.15) is 0 Å². The molecule has 20 heavy (non-hydrogen) atoms. The van der Waals surface area contributed by atoms with E-state index >= 15 is 0 Å². The highest BCUT2D eigenvalue weighted by Gasteiger charge is 2.27. The number of benzene rings is 1. The third-order valence-corrected chi connectivity index (χ3v) is 4.00. The predicted octanol–water partition coefficient (Wildman–Crippen LogP) is 3.02. The van der Waals surface area contributed by atoms with Crippen molar-refractivity contribution in [3.05, 3.63) is 35.9 Å². The first-order chi connectivity index (χ1) is 9.72. The molecule has 1 heterocycles. The van der Waals surface area contributed by atoms with Crippen molar-refractivity contribution in [2.75, 3.05) is 26.9 Å². The summed E-state index contributed by atoms with van der Waals surface area (Å²) in [5.74, 6) is 1.03. The molecule has 3 nitrogen and oxygen atoms in total. The molecule has 0 bridgehead atoms. The molecule has 0 radical (unpaired) electrons. The Hall–Kier alpha value is -0.900. The van der Waals surface area contributed by atoms with Crippen LogP contribution in [0.5, 0.6) is 0 Å². The molecule has 3 heteroatoms. The lowest BCUT2D eigenvalue weighted by molar-refractivity contribution is -0.0211. The van der Waals surface area contributed by atoms with Crippen molar-refractivity contribution in [3.8, 4) is 0 Å². The third-order valence-electron chi connectivity index (χ3n) is 4.00. The van der Waals surface area contributed by atoms with Crippen LogP contribution >= 0.6 is 0 Å². The van der Waals surface area contributed by atoms with Crippen molar-refractivity contribution in [2.24, 2.45) is 11.8 Å². The molecule has 1 aromatic rings. The van der Waals surface area contributed by atoms with E-state index in [4.69, 9.17) is 9.47 Å². The average molecular weight is 277 g/mol. The maximum Gasteiger partial charge on any atom is 0.0792 e. The Bertz CT molecular complexity index is 374. The van der Waals surface area contributed by atoms with Crippen LogP contribution in [0, 0.1) is 11.8 Å². The number of likely N-dealkylation sites (N-methyl/N-ethyl adjacent to an activating group) is 1. The SMILES string of the molecule is CNC(c1ccccc1)C(OCC1CCOC1)C(C)C. The molecule has 1 aliphatic rings. The monoisotopic (exact) mass is 277 g/mol. The van der Waals surface area contributed by atoms with Gasteiger partial charge in [0.1, 0.15) is 0 Å². The maximum atomic E-state index is 6.25. The molecular formula is C17H27NO2. The Morgan fingerprint density at radius 1 is 1.30 bits per heavy atom. The van der Waals surface area contributed by atoms with E-state index in [1.807, 2.05) is 7.05 Å². The van der Waals surface area contributed by atoms with Gasteiger partial charge >= 0.3 is 0 Å². The summed E-state index contributed by atoms with van der Waals surface area (Å²) in [5.41, 5.74) is 1.29. The van der Waals surface area contributed by atoms with Gasteiger partial charge in [-0.1, -0.05) is 44.2 Å². The molecular weight excluding hydrogens is 250 g/mol. The fraction of sp³-hybridized carbons (Fsp3) is 0.647. The predicted molar refractivity (Wildman–Crippen MR) is 81.7 cm³/mol. The molecule has 3 atom stereocenters. The van der Waals surface area contributed by atoms with Crippen LogP contribution in [0.15, 0.2) is 30.3 Å². The molecule has 1 aliphatic heterocycles. The highest BCUT2D eigenvalue weighted by atomic mass is 16.5. The normalized spacial score (nSPS) is 22.1. The maximum absolute atomic E-state index is 6.25. The molecule has 0 saturated carbocycles. The van der Waals surface area contributed by atoms with Gasteiger partial charge in [0.2, 0.25) is 0 Å². The lowest BCUT2D eigenvalue weighted by Crippen LogP contribution is -2.36. The molecule has 1 aromatic carbocycles. The average Bonchev–Trinajstić information content (AvgIpc) is 2.97. The van der Waals surface area contributed by atoms with Gasteiger partial charge in [0.05, 0.1) is 25.4 Å². The summed E-state index contributed by atoms with van der Waals surface area (Å²) in [6.45, 7) is 6.98. The fourth-order valence-electron chi connectivity index (χ4n) is 2.82. The summed E-state index contributed by atoms with van der Waals surface area (Å²) in [5, 5.41) is 3.42. The van der Waals surface area contributed by atoms with Gasteiger partial charge < -0.3 is 14.8 Å². The Kier molecular flexibility index (Phi) is 6.02. The second-order valence-electron chi connectivity index (χ2n) is 5.95. The van der Waals surface area contributed by atoms with Crippen LogP contribution in [0.25, 0.3) is 0 Å². The molecule has 0 spiro atoms. The third kappa shape index (κ3) is 4.05. The molecule has 112 valence electrons. The van der Waals surface area contributed by atoms with E-state index in [0.717, 1.165) is 26.2 Å². The molecule has 0 aromatic heterocycles. The van der Waals surface area contributed by atoms with Gasteiger partial charge in [-0.15, -0.1) is 0 Å². The van der Waals surface area contributed by atoms with Gasteiger partial charge in [0.15, 0.2) is 0 Å². The summed E-state index contributed by atoms with van der Waals surface area (Å²) >= 11 is 0. The number of hydrogen-bond acceptors (Lipinski definition) is 3. The zero-order chi connectivity index (χ0) is 14.4. The summed E-state index contributed by atoms with van der Waals surface area (Å²) in [6.07, 6.45) is 1.31. The first-order valence-corrected chi connectivity index (χ1v) is 7.64.